The number of benzene rings is 1. The second-order valence-corrected chi connectivity index (χ2v) is 7.81. The van der Waals surface area contributed by atoms with Crippen molar-refractivity contribution in [2.75, 3.05) is 0 Å². The lowest BCUT2D eigenvalue weighted by Crippen LogP contribution is -2.29. The van der Waals surface area contributed by atoms with Crippen molar-refractivity contribution in [1.82, 2.24) is 20.1 Å². The Labute approximate surface area is 143 Å². The van der Waals surface area contributed by atoms with E-state index < -0.39 is 0 Å². The van der Waals surface area contributed by atoms with Gasteiger partial charge in [-0.25, -0.2) is 0 Å². The summed E-state index contributed by atoms with van der Waals surface area (Å²) in [6.07, 6.45) is 7.64. The van der Waals surface area contributed by atoms with Gasteiger partial charge in [0.15, 0.2) is 0 Å². The normalized spacial score (nSPS) is 18.0. The molecule has 2 heterocycles. The molecule has 4 heteroatoms. The minimum Gasteiger partial charge on any atom is -0.361 e. The Balaban J connectivity index is 1.57. The molecule has 1 aliphatic rings. The molecule has 1 aliphatic carbocycles. The van der Waals surface area contributed by atoms with Gasteiger partial charge in [0, 0.05) is 40.9 Å². The molecule has 0 spiro atoms. The number of H-pyrrole nitrogens is 1. The van der Waals surface area contributed by atoms with Crippen molar-refractivity contribution < 1.29 is 0 Å². The predicted molar refractivity (Wildman–Crippen MR) is 98.0 cm³/mol. The van der Waals surface area contributed by atoms with Crippen LogP contribution in [0.4, 0.5) is 0 Å². The first-order valence-corrected chi connectivity index (χ1v) is 8.90. The molecule has 0 aliphatic heterocycles. The van der Waals surface area contributed by atoms with Crippen molar-refractivity contribution in [1.29, 1.82) is 0 Å². The van der Waals surface area contributed by atoms with Gasteiger partial charge in [0.1, 0.15) is 0 Å². The van der Waals surface area contributed by atoms with E-state index in [1.165, 1.54) is 40.6 Å². The number of nitrogens with one attached hydrogen (secondary N) is 2. The predicted octanol–water partition coefficient (Wildman–Crippen LogP) is 4.29. The van der Waals surface area contributed by atoms with E-state index in [-0.39, 0.29) is 5.54 Å². The third kappa shape index (κ3) is 2.65. The Bertz CT molecular complexity index is 850. The molecular weight excluding hydrogens is 296 g/mol. The van der Waals surface area contributed by atoms with Crippen LogP contribution in [0.25, 0.3) is 10.9 Å². The second kappa shape index (κ2) is 5.78. The van der Waals surface area contributed by atoms with Gasteiger partial charge in [-0.2, -0.15) is 5.10 Å². The summed E-state index contributed by atoms with van der Waals surface area (Å²) in [6, 6.07) is 9.03. The van der Waals surface area contributed by atoms with Crippen molar-refractivity contribution in [3.05, 3.63) is 53.5 Å². The summed E-state index contributed by atoms with van der Waals surface area (Å²) in [7, 11) is 0. The van der Waals surface area contributed by atoms with Crippen molar-refractivity contribution in [2.45, 2.75) is 58.2 Å². The maximum atomic E-state index is 4.69. The van der Waals surface area contributed by atoms with Crippen LogP contribution in [-0.4, -0.2) is 14.8 Å². The highest BCUT2D eigenvalue weighted by Gasteiger charge is 2.27. The van der Waals surface area contributed by atoms with E-state index in [9.17, 15) is 0 Å². The number of aromatic nitrogens is 3. The van der Waals surface area contributed by atoms with Crippen LogP contribution in [-0.2, 0) is 18.5 Å². The molecule has 0 saturated heterocycles. The monoisotopic (exact) mass is 322 g/mol. The quantitative estimate of drug-likeness (QED) is 0.756. The largest absolute Gasteiger partial charge is 0.361 e. The van der Waals surface area contributed by atoms with Gasteiger partial charge in [-0.15, -0.1) is 0 Å². The van der Waals surface area contributed by atoms with Crippen LogP contribution in [0.5, 0.6) is 0 Å². The summed E-state index contributed by atoms with van der Waals surface area (Å²) in [4.78, 5) is 3.29. The molecule has 0 amide bonds. The van der Waals surface area contributed by atoms with E-state index in [1.807, 2.05) is 6.20 Å². The van der Waals surface area contributed by atoms with Crippen LogP contribution in [0.3, 0.4) is 0 Å². The number of hydrogen-bond acceptors (Lipinski definition) is 2. The number of aromatic amines is 1. The van der Waals surface area contributed by atoms with Crippen LogP contribution < -0.4 is 5.32 Å². The first-order valence-electron chi connectivity index (χ1n) is 8.90. The fourth-order valence-corrected chi connectivity index (χ4v) is 3.88. The van der Waals surface area contributed by atoms with Gasteiger partial charge in [-0.1, -0.05) is 12.1 Å². The second-order valence-electron chi connectivity index (χ2n) is 7.81. The highest BCUT2D eigenvalue weighted by atomic mass is 15.3. The Morgan fingerprint density at radius 2 is 2.17 bits per heavy atom. The fraction of sp³-hybridized carbons (Fsp3) is 0.450. The van der Waals surface area contributed by atoms with Crippen LogP contribution in [0.2, 0.25) is 0 Å². The van der Waals surface area contributed by atoms with Crippen molar-refractivity contribution in [2.24, 2.45) is 0 Å². The number of nitrogens with zero attached hydrogens (tertiary/aromatic N) is 2. The van der Waals surface area contributed by atoms with Gasteiger partial charge in [0.25, 0.3) is 0 Å². The maximum absolute atomic E-state index is 4.69. The molecule has 126 valence electrons. The maximum Gasteiger partial charge on any atom is 0.0546 e. The minimum atomic E-state index is 0.0478. The van der Waals surface area contributed by atoms with Gasteiger partial charge in [-0.3, -0.25) is 4.68 Å². The van der Waals surface area contributed by atoms with Crippen molar-refractivity contribution in [3.8, 4) is 0 Å². The first kappa shape index (κ1) is 15.5. The smallest absolute Gasteiger partial charge is 0.0546 e. The molecule has 0 bridgehead atoms. The van der Waals surface area contributed by atoms with Gasteiger partial charge in [0.05, 0.1) is 11.7 Å². The van der Waals surface area contributed by atoms with Crippen LogP contribution in [0.15, 0.2) is 36.7 Å². The topological polar surface area (TPSA) is 45.6 Å². The molecule has 24 heavy (non-hydrogen) atoms. The average molecular weight is 322 g/mol. The number of fused-ring (bicyclic) bond motifs is 2. The molecule has 2 N–H and O–H groups in total. The highest BCUT2D eigenvalue weighted by Crippen LogP contribution is 2.32. The summed E-state index contributed by atoms with van der Waals surface area (Å²) < 4.78 is 2.21. The molecule has 3 aromatic rings. The summed E-state index contributed by atoms with van der Waals surface area (Å²) in [5.41, 5.74) is 5.40. The Morgan fingerprint density at radius 3 is 3.00 bits per heavy atom. The lowest BCUT2D eigenvalue weighted by atomic mass is 9.92. The van der Waals surface area contributed by atoms with Gasteiger partial charge < -0.3 is 10.3 Å². The zero-order valence-corrected chi connectivity index (χ0v) is 14.8. The lowest BCUT2D eigenvalue weighted by molar-refractivity contribution is 0.334. The zero-order chi connectivity index (χ0) is 16.7. The summed E-state index contributed by atoms with van der Waals surface area (Å²) in [5, 5.41) is 9.77. The number of hydrogen-bond donors (Lipinski definition) is 2. The van der Waals surface area contributed by atoms with E-state index in [2.05, 4.69) is 71.3 Å². The van der Waals surface area contributed by atoms with Crippen LogP contribution in [0, 0.1) is 0 Å². The van der Waals surface area contributed by atoms with E-state index in [0.29, 0.717) is 6.04 Å². The molecular formula is C20H26N4. The zero-order valence-electron chi connectivity index (χ0n) is 14.8. The van der Waals surface area contributed by atoms with E-state index >= 15 is 0 Å². The SMILES string of the molecule is CC(C)(C)n1ncc2c1CCC[C@H]2NCc1cccc2[nH]ccc12. The molecule has 1 aromatic carbocycles. The molecule has 4 nitrogen and oxygen atoms in total. The molecule has 2 aromatic heterocycles. The summed E-state index contributed by atoms with van der Waals surface area (Å²) >= 11 is 0. The van der Waals surface area contributed by atoms with Crippen molar-refractivity contribution >= 4 is 10.9 Å². The van der Waals surface area contributed by atoms with E-state index in [1.54, 1.807) is 0 Å². The van der Waals surface area contributed by atoms with Crippen LogP contribution >= 0.6 is 0 Å². The summed E-state index contributed by atoms with van der Waals surface area (Å²) in [5.74, 6) is 0. The van der Waals surface area contributed by atoms with Gasteiger partial charge in [-0.05, 0) is 57.7 Å². The Morgan fingerprint density at radius 1 is 1.29 bits per heavy atom. The minimum absolute atomic E-state index is 0.0478. The average Bonchev–Trinajstić information content (AvgIpc) is 3.18. The highest BCUT2D eigenvalue weighted by molar-refractivity contribution is 5.82. The van der Waals surface area contributed by atoms with Crippen molar-refractivity contribution in [3.63, 3.8) is 0 Å². The standard InChI is InChI=1S/C20H26N4/c1-20(2,3)24-19-9-5-8-18(16(19)13-23-24)22-12-14-6-4-7-17-15(14)10-11-21-17/h4,6-7,10-11,13,18,21-22H,5,8-9,12H2,1-3H3/t18-/m1/s1. The molecule has 0 fully saturated rings. The third-order valence-electron chi connectivity index (χ3n) is 5.04. The molecule has 0 unspecified atom stereocenters. The lowest BCUT2D eigenvalue weighted by Gasteiger charge is -2.28. The number of rotatable bonds is 3. The van der Waals surface area contributed by atoms with E-state index in [0.717, 1.165) is 13.0 Å². The first-order chi connectivity index (χ1) is 11.5. The van der Waals surface area contributed by atoms with Gasteiger partial charge >= 0.3 is 0 Å². The fourth-order valence-electron chi connectivity index (χ4n) is 3.88. The molecule has 1 atom stereocenters. The molecule has 0 radical (unpaired) electrons. The summed E-state index contributed by atoms with van der Waals surface area (Å²) in [6.45, 7) is 7.57. The van der Waals surface area contributed by atoms with Crippen LogP contribution in [0.1, 0.15) is 56.5 Å². The van der Waals surface area contributed by atoms with Gasteiger partial charge in [0.2, 0.25) is 0 Å². The van der Waals surface area contributed by atoms with E-state index in [4.69, 9.17) is 0 Å². The Kier molecular flexibility index (Phi) is 3.72. The molecule has 0 saturated carbocycles. The Hall–Kier alpha value is -2.07. The molecule has 4 rings (SSSR count). The third-order valence-corrected chi connectivity index (χ3v) is 5.04.